The van der Waals surface area contributed by atoms with E-state index in [4.69, 9.17) is 5.11 Å². The summed E-state index contributed by atoms with van der Waals surface area (Å²) >= 11 is 0. The highest BCUT2D eigenvalue weighted by Crippen LogP contribution is 2.19. The summed E-state index contributed by atoms with van der Waals surface area (Å²) in [5, 5.41) is 23.0. The molecule has 1 aromatic heterocycles. The lowest BCUT2D eigenvalue weighted by Gasteiger charge is -2.08. The molecule has 1 N–H and O–H groups in total. The Balaban J connectivity index is 2.65. The Morgan fingerprint density at radius 2 is 2.14 bits per heavy atom. The van der Waals surface area contributed by atoms with Crippen LogP contribution in [0, 0.1) is 22.9 Å². The Kier molecular flexibility index (Phi) is 3.49. The number of hydrogen-bond acceptors (Lipinski definition) is 5. The molecule has 0 fully saturated rings. The number of carbonyl (C=O) groups is 1. The molecule has 2 rings (SSSR count). The van der Waals surface area contributed by atoms with Crippen LogP contribution in [-0.2, 0) is 0 Å². The molecule has 0 aliphatic heterocycles. The number of aromatic carboxylic acids is 1. The van der Waals surface area contributed by atoms with E-state index in [1.807, 2.05) is 0 Å². The maximum atomic E-state index is 13.9. The minimum absolute atomic E-state index is 0.0557. The number of aryl methyl sites for hydroxylation is 1. The topological polar surface area (TPSA) is 115 Å². The molecule has 0 unspecified atom stereocenters. The van der Waals surface area contributed by atoms with Crippen molar-refractivity contribution in [3.63, 3.8) is 0 Å². The molecule has 2 aromatic rings. The third-order valence-electron chi connectivity index (χ3n) is 2.69. The molecule has 0 atom stereocenters. The van der Waals surface area contributed by atoms with Gasteiger partial charge in [-0.15, -0.1) is 0 Å². The first-order valence-corrected chi connectivity index (χ1v) is 5.59. The van der Waals surface area contributed by atoms with Gasteiger partial charge in [0, 0.05) is 17.8 Å². The van der Waals surface area contributed by atoms with Gasteiger partial charge in [-0.3, -0.25) is 14.9 Å². The largest absolute Gasteiger partial charge is 0.476 e. The van der Waals surface area contributed by atoms with Crippen LogP contribution >= 0.6 is 0 Å². The molecule has 108 valence electrons. The number of hydrogen-bond donors (Lipinski definition) is 1. The number of non-ortho nitro benzene ring substituents is 1. The van der Waals surface area contributed by atoms with Crippen molar-refractivity contribution in [3.8, 4) is 5.69 Å². The van der Waals surface area contributed by atoms with Gasteiger partial charge in [-0.25, -0.2) is 13.9 Å². The van der Waals surface area contributed by atoms with Gasteiger partial charge in [0.1, 0.15) is 5.69 Å². The van der Waals surface area contributed by atoms with E-state index < -0.39 is 33.5 Å². The van der Waals surface area contributed by atoms with Crippen LogP contribution < -0.4 is 5.43 Å². The third kappa shape index (κ3) is 2.61. The molecule has 0 bridgehead atoms. The highest BCUT2D eigenvalue weighted by Gasteiger charge is 2.17. The Bertz CT molecular complexity index is 815. The summed E-state index contributed by atoms with van der Waals surface area (Å²) in [4.78, 5) is 32.3. The van der Waals surface area contributed by atoms with Crippen LogP contribution in [0.25, 0.3) is 5.69 Å². The number of nitrogens with zero attached hydrogens (tertiary/aromatic N) is 3. The minimum Gasteiger partial charge on any atom is -0.476 e. The summed E-state index contributed by atoms with van der Waals surface area (Å²) in [6, 6.07) is 2.81. The highest BCUT2D eigenvalue weighted by molar-refractivity contribution is 5.85. The molecule has 0 aliphatic rings. The lowest BCUT2D eigenvalue weighted by atomic mass is 10.2. The molecule has 0 amide bonds. The van der Waals surface area contributed by atoms with Crippen LogP contribution in [-0.4, -0.2) is 25.8 Å². The fraction of sp³-hybridized carbons (Fsp3) is 0.0833. The van der Waals surface area contributed by atoms with Crippen LogP contribution in [0.15, 0.2) is 29.2 Å². The van der Waals surface area contributed by atoms with Crippen molar-refractivity contribution in [1.29, 1.82) is 0 Å². The standard InChI is InChI=1S/C12H8FN3O5/c1-6-5-15(14-10(11(6)17)12(18)19)9-3-2-7(16(20)21)4-8(9)13/h2-5H,1H3,(H,18,19). The Labute approximate surface area is 116 Å². The van der Waals surface area contributed by atoms with Gasteiger partial charge in [0.25, 0.3) is 5.69 Å². The first-order valence-electron chi connectivity index (χ1n) is 5.59. The molecular formula is C12H8FN3O5. The monoisotopic (exact) mass is 293 g/mol. The zero-order valence-corrected chi connectivity index (χ0v) is 10.6. The molecule has 1 aromatic carbocycles. The summed E-state index contributed by atoms with van der Waals surface area (Å²) in [5.74, 6) is -2.50. The number of carboxylic acids is 1. The second-order valence-corrected chi connectivity index (χ2v) is 4.13. The number of aromatic nitrogens is 2. The van der Waals surface area contributed by atoms with E-state index in [9.17, 15) is 24.1 Å². The van der Waals surface area contributed by atoms with E-state index in [1.165, 1.54) is 6.92 Å². The fourth-order valence-corrected chi connectivity index (χ4v) is 1.67. The van der Waals surface area contributed by atoms with Crippen LogP contribution in [0.5, 0.6) is 0 Å². The molecule has 0 spiro atoms. The van der Waals surface area contributed by atoms with E-state index in [1.54, 1.807) is 0 Å². The lowest BCUT2D eigenvalue weighted by molar-refractivity contribution is -0.385. The van der Waals surface area contributed by atoms with Crippen molar-refractivity contribution >= 4 is 11.7 Å². The smallest absolute Gasteiger partial charge is 0.360 e. The van der Waals surface area contributed by atoms with Crippen LogP contribution in [0.4, 0.5) is 10.1 Å². The van der Waals surface area contributed by atoms with Crippen LogP contribution in [0.1, 0.15) is 16.1 Å². The lowest BCUT2D eigenvalue weighted by Crippen LogP contribution is -2.23. The summed E-state index contributed by atoms with van der Waals surface area (Å²) in [6.07, 6.45) is 1.15. The average molecular weight is 293 g/mol. The molecule has 0 saturated carbocycles. The number of nitro groups is 1. The van der Waals surface area contributed by atoms with Gasteiger partial charge in [0.2, 0.25) is 11.1 Å². The summed E-state index contributed by atoms with van der Waals surface area (Å²) < 4.78 is 14.7. The average Bonchev–Trinajstić information content (AvgIpc) is 2.41. The molecule has 0 radical (unpaired) electrons. The summed E-state index contributed by atoms with van der Waals surface area (Å²) in [6.45, 7) is 1.36. The number of nitro benzene ring substituents is 1. The van der Waals surface area contributed by atoms with Crippen LogP contribution in [0.2, 0.25) is 0 Å². The maximum Gasteiger partial charge on any atom is 0.360 e. The van der Waals surface area contributed by atoms with Crippen molar-refractivity contribution < 1.29 is 19.2 Å². The van der Waals surface area contributed by atoms with Gasteiger partial charge >= 0.3 is 5.97 Å². The second kappa shape index (κ2) is 5.12. The number of rotatable bonds is 3. The van der Waals surface area contributed by atoms with E-state index in [-0.39, 0.29) is 11.3 Å². The maximum absolute atomic E-state index is 13.9. The van der Waals surface area contributed by atoms with E-state index in [0.29, 0.717) is 6.07 Å². The minimum atomic E-state index is -1.54. The Hall–Kier alpha value is -3.10. The van der Waals surface area contributed by atoms with Gasteiger partial charge in [-0.2, -0.15) is 5.10 Å². The molecule has 0 saturated heterocycles. The molecular weight excluding hydrogens is 285 g/mol. The number of benzene rings is 1. The fourth-order valence-electron chi connectivity index (χ4n) is 1.67. The molecule has 21 heavy (non-hydrogen) atoms. The van der Waals surface area contributed by atoms with E-state index in [2.05, 4.69) is 5.10 Å². The zero-order valence-electron chi connectivity index (χ0n) is 10.6. The van der Waals surface area contributed by atoms with E-state index >= 15 is 0 Å². The van der Waals surface area contributed by atoms with Gasteiger partial charge in [-0.1, -0.05) is 0 Å². The highest BCUT2D eigenvalue weighted by atomic mass is 19.1. The number of halogens is 1. The first-order chi connectivity index (χ1) is 9.81. The van der Waals surface area contributed by atoms with Crippen LogP contribution in [0.3, 0.4) is 0 Å². The van der Waals surface area contributed by atoms with Crippen molar-refractivity contribution in [2.45, 2.75) is 6.92 Å². The Morgan fingerprint density at radius 1 is 1.48 bits per heavy atom. The van der Waals surface area contributed by atoms with Crippen molar-refractivity contribution in [2.75, 3.05) is 0 Å². The Morgan fingerprint density at radius 3 is 2.67 bits per heavy atom. The molecule has 9 heteroatoms. The van der Waals surface area contributed by atoms with Gasteiger partial charge in [-0.05, 0) is 13.0 Å². The first kappa shape index (κ1) is 14.3. The second-order valence-electron chi connectivity index (χ2n) is 4.13. The molecule has 0 aliphatic carbocycles. The van der Waals surface area contributed by atoms with Crippen molar-refractivity contribution in [3.05, 3.63) is 61.8 Å². The predicted molar refractivity (Wildman–Crippen MR) is 68.1 cm³/mol. The van der Waals surface area contributed by atoms with E-state index in [0.717, 1.165) is 23.0 Å². The number of carboxylic acid groups (broad SMARTS) is 1. The third-order valence-corrected chi connectivity index (χ3v) is 2.69. The normalized spacial score (nSPS) is 10.4. The SMILES string of the molecule is Cc1cn(-c2ccc([N+](=O)[O-])cc2F)nc(C(=O)O)c1=O. The molecule has 8 nitrogen and oxygen atoms in total. The molecule has 1 heterocycles. The van der Waals surface area contributed by atoms with Crippen molar-refractivity contribution in [2.24, 2.45) is 0 Å². The quantitative estimate of drug-likeness (QED) is 0.673. The summed E-state index contributed by atoms with van der Waals surface area (Å²) in [5.41, 5.74) is -2.13. The zero-order chi connectivity index (χ0) is 15.7. The van der Waals surface area contributed by atoms with Gasteiger partial charge in [0.15, 0.2) is 5.82 Å². The van der Waals surface area contributed by atoms with Gasteiger partial charge in [0.05, 0.1) is 11.0 Å². The summed E-state index contributed by atoms with van der Waals surface area (Å²) in [7, 11) is 0. The predicted octanol–water partition coefficient (Wildman–Crippen LogP) is 1.29. The van der Waals surface area contributed by atoms with Gasteiger partial charge < -0.3 is 5.11 Å². The van der Waals surface area contributed by atoms with Crippen molar-refractivity contribution in [1.82, 2.24) is 9.78 Å².